The van der Waals surface area contributed by atoms with Gasteiger partial charge < -0.3 is 14.9 Å². The predicted octanol–water partition coefficient (Wildman–Crippen LogP) is 4.44. The molecule has 0 bridgehead atoms. The number of aryl methyl sites for hydroxylation is 1. The number of hydrogen-bond acceptors (Lipinski definition) is 5. The number of halogens is 4. The lowest BCUT2D eigenvalue weighted by molar-refractivity contribution is -0.192. The monoisotopic (exact) mass is 529 g/mol. The van der Waals surface area contributed by atoms with Crippen LogP contribution in [0.1, 0.15) is 16.2 Å². The van der Waals surface area contributed by atoms with Gasteiger partial charge in [-0.2, -0.15) is 18.3 Å². The Morgan fingerprint density at radius 3 is 2.21 bits per heavy atom. The summed E-state index contributed by atoms with van der Waals surface area (Å²) >= 11 is 0. The van der Waals surface area contributed by atoms with Crippen molar-refractivity contribution >= 4 is 23.1 Å². The van der Waals surface area contributed by atoms with Crippen LogP contribution in [0.15, 0.2) is 67.0 Å². The summed E-state index contributed by atoms with van der Waals surface area (Å²) in [4.78, 5) is 30.2. The van der Waals surface area contributed by atoms with E-state index in [9.17, 15) is 22.4 Å². The van der Waals surface area contributed by atoms with Crippen molar-refractivity contribution in [1.82, 2.24) is 19.5 Å². The lowest BCUT2D eigenvalue weighted by Gasteiger charge is -2.35. The highest BCUT2D eigenvalue weighted by Gasteiger charge is 2.38. The summed E-state index contributed by atoms with van der Waals surface area (Å²) in [6, 6.07) is 16.1. The zero-order chi connectivity index (χ0) is 27.4. The number of alkyl halides is 3. The van der Waals surface area contributed by atoms with E-state index in [2.05, 4.69) is 21.0 Å². The van der Waals surface area contributed by atoms with Gasteiger partial charge in [0.05, 0.1) is 17.4 Å². The fraction of sp³-hybridized carbons (Fsp3) is 0.231. The Bertz CT molecular complexity index is 1450. The molecule has 1 aromatic carbocycles. The smallest absolute Gasteiger partial charge is 0.475 e. The summed E-state index contributed by atoms with van der Waals surface area (Å²) in [6.07, 6.45) is -1.30. The van der Waals surface area contributed by atoms with Gasteiger partial charge in [-0.25, -0.2) is 18.7 Å². The Balaban J connectivity index is 0.000000426. The number of benzene rings is 1. The third kappa shape index (κ3) is 6.07. The highest BCUT2D eigenvalue weighted by atomic mass is 19.4. The highest BCUT2D eigenvalue weighted by molar-refractivity contribution is 5.92. The zero-order valence-corrected chi connectivity index (χ0v) is 20.2. The van der Waals surface area contributed by atoms with E-state index in [-0.39, 0.29) is 11.7 Å². The van der Waals surface area contributed by atoms with Gasteiger partial charge in [0.15, 0.2) is 0 Å². The van der Waals surface area contributed by atoms with E-state index in [0.717, 1.165) is 41.1 Å². The van der Waals surface area contributed by atoms with Crippen molar-refractivity contribution < 1.29 is 32.3 Å². The normalized spacial score (nSPS) is 13.7. The number of carbonyl (C=O) groups excluding carboxylic acids is 1. The molecule has 0 atom stereocenters. The van der Waals surface area contributed by atoms with Crippen LogP contribution in [-0.2, 0) is 4.79 Å². The molecule has 12 heteroatoms. The van der Waals surface area contributed by atoms with Crippen molar-refractivity contribution in [3.63, 3.8) is 0 Å². The summed E-state index contributed by atoms with van der Waals surface area (Å²) in [5.41, 5.74) is 5.32. The molecule has 0 spiro atoms. The van der Waals surface area contributed by atoms with Gasteiger partial charge in [0.25, 0.3) is 5.91 Å². The molecule has 8 nitrogen and oxygen atoms in total. The lowest BCUT2D eigenvalue weighted by atomic mass is 10.1. The average molecular weight is 529 g/mol. The van der Waals surface area contributed by atoms with Crippen molar-refractivity contribution in [3.8, 4) is 11.1 Å². The summed E-state index contributed by atoms with van der Waals surface area (Å²) in [7, 11) is 0. The van der Waals surface area contributed by atoms with E-state index < -0.39 is 12.1 Å². The number of aliphatic carboxylic acids is 1. The Kier molecular flexibility index (Phi) is 7.60. The standard InChI is InChI=1S/C24H22FN5O.C2HF3O2/c1-17-3-2-4-21(27-17)24(31)29-13-11-28(12-14-29)23-16-26-30-10-9-19(15-22(23)30)18-5-7-20(25)8-6-18;3-2(4,5)1(6)7/h2-10,15-16H,11-14H2,1H3;(H,6,7). The van der Waals surface area contributed by atoms with Crippen LogP contribution < -0.4 is 4.90 Å². The molecule has 4 aromatic rings. The van der Waals surface area contributed by atoms with Crippen LogP contribution in [0.5, 0.6) is 0 Å². The Morgan fingerprint density at radius 2 is 1.61 bits per heavy atom. The SMILES string of the molecule is Cc1cccc(C(=O)N2CCN(c3cnn4ccc(-c5ccc(F)cc5)cc34)CC2)n1.O=C(O)C(F)(F)F. The molecule has 1 fully saturated rings. The first-order chi connectivity index (χ1) is 18.0. The van der Waals surface area contributed by atoms with Crippen molar-refractivity contribution in [1.29, 1.82) is 0 Å². The van der Waals surface area contributed by atoms with Crippen LogP contribution in [0.25, 0.3) is 16.6 Å². The molecular formula is C26H23F4N5O3. The third-order valence-electron chi connectivity index (χ3n) is 5.94. The molecule has 5 rings (SSSR count). The third-order valence-corrected chi connectivity index (χ3v) is 5.94. The number of piperazine rings is 1. The molecule has 1 N–H and O–H groups in total. The van der Waals surface area contributed by atoms with E-state index in [4.69, 9.17) is 9.90 Å². The van der Waals surface area contributed by atoms with Crippen LogP contribution in [0.2, 0.25) is 0 Å². The first-order valence-electron chi connectivity index (χ1n) is 11.5. The molecule has 0 aliphatic carbocycles. The average Bonchev–Trinajstić information content (AvgIpc) is 3.32. The van der Waals surface area contributed by atoms with E-state index in [1.807, 2.05) is 46.9 Å². The molecule has 1 aliphatic rings. The highest BCUT2D eigenvalue weighted by Crippen LogP contribution is 2.28. The van der Waals surface area contributed by atoms with Gasteiger partial charge in [0.1, 0.15) is 11.5 Å². The van der Waals surface area contributed by atoms with E-state index in [0.29, 0.717) is 18.8 Å². The molecular weight excluding hydrogens is 506 g/mol. The van der Waals surface area contributed by atoms with Crippen molar-refractivity contribution in [3.05, 3.63) is 84.2 Å². The minimum atomic E-state index is -5.08. The summed E-state index contributed by atoms with van der Waals surface area (Å²) in [5, 5.41) is 11.6. The number of hydrogen-bond donors (Lipinski definition) is 1. The fourth-order valence-electron chi connectivity index (χ4n) is 4.01. The number of fused-ring (bicyclic) bond motifs is 1. The minimum Gasteiger partial charge on any atom is -0.475 e. The maximum atomic E-state index is 13.3. The van der Waals surface area contributed by atoms with Gasteiger partial charge in [0.2, 0.25) is 0 Å². The van der Waals surface area contributed by atoms with Crippen LogP contribution in [-0.4, -0.2) is 68.8 Å². The number of pyridine rings is 2. The molecule has 0 saturated carbocycles. The van der Waals surface area contributed by atoms with Gasteiger partial charge in [-0.15, -0.1) is 0 Å². The quantitative estimate of drug-likeness (QED) is 0.395. The lowest BCUT2D eigenvalue weighted by Crippen LogP contribution is -2.49. The molecule has 0 unspecified atom stereocenters. The second-order valence-electron chi connectivity index (χ2n) is 8.53. The minimum absolute atomic E-state index is 0.0261. The molecule has 1 saturated heterocycles. The van der Waals surface area contributed by atoms with Gasteiger partial charge in [-0.3, -0.25) is 4.79 Å². The first-order valence-corrected chi connectivity index (χ1v) is 11.5. The number of nitrogens with zero attached hydrogens (tertiary/aromatic N) is 5. The van der Waals surface area contributed by atoms with Crippen molar-refractivity contribution in [2.45, 2.75) is 13.1 Å². The first kappa shape index (κ1) is 26.6. The topological polar surface area (TPSA) is 91.0 Å². The second kappa shape index (κ2) is 10.9. The van der Waals surface area contributed by atoms with E-state index >= 15 is 0 Å². The summed E-state index contributed by atoms with van der Waals surface area (Å²) in [5.74, 6) is -3.03. The Morgan fingerprint density at radius 1 is 0.947 bits per heavy atom. The number of carbonyl (C=O) groups is 2. The molecule has 38 heavy (non-hydrogen) atoms. The van der Waals surface area contributed by atoms with E-state index in [1.165, 1.54) is 12.1 Å². The fourth-order valence-corrected chi connectivity index (χ4v) is 4.01. The maximum absolute atomic E-state index is 13.3. The number of anilines is 1. The van der Waals surface area contributed by atoms with Crippen LogP contribution in [0.4, 0.5) is 23.2 Å². The summed E-state index contributed by atoms with van der Waals surface area (Å²) < 4.78 is 46.9. The summed E-state index contributed by atoms with van der Waals surface area (Å²) in [6.45, 7) is 4.59. The van der Waals surface area contributed by atoms with Crippen molar-refractivity contribution in [2.75, 3.05) is 31.1 Å². The predicted molar refractivity (Wildman–Crippen MR) is 131 cm³/mol. The Labute approximate surface area is 214 Å². The zero-order valence-electron chi connectivity index (χ0n) is 20.2. The number of rotatable bonds is 3. The largest absolute Gasteiger partial charge is 0.490 e. The molecule has 198 valence electrons. The van der Waals surface area contributed by atoms with E-state index in [1.54, 1.807) is 18.2 Å². The second-order valence-corrected chi connectivity index (χ2v) is 8.53. The van der Waals surface area contributed by atoms with Gasteiger partial charge in [0, 0.05) is 38.1 Å². The van der Waals surface area contributed by atoms with Gasteiger partial charge in [-0.05, 0) is 54.4 Å². The molecule has 0 radical (unpaired) electrons. The molecule has 4 heterocycles. The van der Waals surface area contributed by atoms with Gasteiger partial charge >= 0.3 is 12.1 Å². The van der Waals surface area contributed by atoms with Crippen molar-refractivity contribution in [2.24, 2.45) is 0 Å². The molecule has 3 aromatic heterocycles. The number of amides is 1. The molecule has 1 aliphatic heterocycles. The van der Waals surface area contributed by atoms with Crippen LogP contribution in [0, 0.1) is 12.7 Å². The number of aromatic nitrogens is 3. The Hall–Kier alpha value is -4.48. The number of carboxylic acids is 1. The van der Waals surface area contributed by atoms with Gasteiger partial charge in [-0.1, -0.05) is 18.2 Å². The molecule has 1 amide bonds. The maximum Gasteiger partial charge on any atom is 0.490 e. The van der Waals surface area contributed by atoms with Crippen LogP contribution >= 0.6 is 0 Å². The number of carboxylic acid groups (broad SMARTS) is 1. The van der Waals surface area contributed by atoms with Crippen LogP contribution in [0.3, 0.4) is 0 Å².